The number of benzene rings is 1. The summed E-state index contributed by atoms with van der Waals surface area (Å²) in [6.45, 7) is 4.30. The van der Waals surface area contributed by atoms with E-state index in [4.69, 9.17) is 0 Å². The molecule has 9 heteroatoms. The van der Waals surface area contributed by atoms with E-state index in [1.54, 1.807) is 30.0 Å². The van der Waals surface area contributed by atoms with Gasteiger partial charge < -0.3 is 15.2 Å². The van der Waals surface area contributed by atoms with Crippen LogP contribution in [0.4, 0.5) is 0 Å². The number of aromatic nitrogens is 1. The molecule has 1 atom stereocenters. The molecule has 2 N–H and O–H groups in total. The average Bonchev–Trinajstić information content (AvgIpc) is 3.24. The maximum Gasteiger partial charge on any atom is 0.285 e. The van der Waals surface area contributed by atoms with Gasteiger partial charge in [-0.25, -0.2) is 0 Å². The summed E-state index contributed by atoms with van der Waals surface area (Å²) in [5, 5.41) is 2.84. The molecule has 1 fully saturated rings. The lowest BCUT2D eigenvalue weighted by Crippen LogP contribution is -2.46. The molecule has 2 aromatic rings. The van der Waals surface area contributed by atoms with Gasteiger partial charge in [0.15, 0.2) is 5.84 Å². The molecule has 0 bridgehead atoms. The van der Waals surface area contributed by atoms with E-state index in [-0.39, 0.29) is 22.9 Å². The van der Waals surface area contributed by atoms with Crippen molar-refractivity contribution >= 4 is 21.8 Å². The minimum absolute atomic E-state index is 0.117. The Morgan fingerprint density at radius 1 is 1.31 bits per heavy atom. The summed E-state index contributed by atoms with van der Waals surface area (Å²) in [6, 6.07) is 7.98. The largest absolute Gasteiger partial charge is 0.350 e. The van der Waals surface area contributed by atoms with Crippen molar-refractivity contribution in [2.24, 2.45) is 4.40 Å². The molecule has 0 saturated carbocycles. The zero-order chi connectivity index (χ0) is 20.8. The Labute approximate surface area is 168 Å². The number of likely N-dealkylation sites (tertiary alicyclic amines) is 1. The van der Waals surface area contributed by atoms with Crippen molar-refractivity contribution in [3.63, 3.8) is 0 Å². The lowest BCUT2D eigenvalue weighted by atomic mass is 10.1. The average molecular weight is 414 g/mol. The molecule has 29 heavy (non-hydrogen) atoms. The van der Waals surface area contributed by atoms with Crippen molar-refractivity contribution in [3.8, 4) is 0 Å². The van der Waals surface area contributed by atoms with Crippen molar-refractivity contribution < 1.29 is 13.2 Å². The number of aromatic amines is 1. The van der Waals surface area contributed by atoms with Gasteiger partial charge in [0, 0.05) is 29.9 Å². The Morgan fingerprint density at radius 3 is 2.83 bits per heavy atom. The van der Waals surface area contributed by atoms with Crippen LogP contribution in [0.1, 0.15) is 35.2 Å². The van der Waals surface area contributed by atoms with E-state index in [9.17, 15) is 18.0 Å². The molecule has 2 aliphatic heterocycles. The molecule has 0 radical (unpaired) electrons. The fourth-order valence-electron chi connectivity index (χ4n) is 3.98. The van der Waals surface area contributed by atoms with Gasteiger partial charge in [0.2, 0.25) is 5.91 Å². The molecule has 1 amide bonds. The Hall–Kier alpha value is -2.94. The van der Waals surface area contributed by atoms with Crippen LogP contribution in [0.25, 0.3) is 0 Å². The minimum Gasteiger partial charge on any atom is -0.350 e. The molecular formula is C20H22N4O4S. The standard InChI is InChI=1S/C20H22N4O4S/c1-12-10-13(2)22-19(25)15(12)11-21-20(26)16-7-5-9-24(16)18-14-6-3-4-8-17(14)29(27,28)23-18/h3-4,6,8,10,16H,5,7,9,11H2,1-2H3,(H,21,26)(H,22,25). The Kier molecular flexibility index (Phi) is 4.77. The monoisotopic (exact) mass is 414 g/mol. The molecule has 2 aliphatic rings. The van der Waals surface area contributed by atoms with E-state index in [2.05, 4.69) is 14.7 Å². The highest BCUT2D eigenvalue weighted by Crippen LogP contribution is 2.31. The van der Waals surface area contributed by atoms with Gasteiger partial charge >= 0.3 is 0 Å². The van der Waals surface area contributed by atoms with E-state index in [1.165, 1.54) is 6.07 Å². The molecule has 152 valence electrons. The maximum absolute atomic E-state index is 12.9. The number of amidine groups is 1. The number of hydrogen-bond acceptors (Lipinski definition) is 5. The maximum atomic E-state index is 12.9. The predicted octanol–water partition coefficient (Wildman–Crippen LogP) is 1.22. The number of carbonyl (C=O) groups is 1. The van der Waals surface area contributed by atoms with Crippen molar-refractivity contribution in [1.82, 2.24) is 15.2 Å². The van der Waals surface area contributed by atoms with Crippen LogP contribution in [0.5, 0.6) is 0 Å². The van der Waals surface area contributed by atoms with Gasteiger partial charge in [-0.3, -0.25) is 9.59 Å². The van der Waals surface area contributed by atoms with E-state index in [0.29, 0.717) is 29.9 Å². The summed E-state index contributed by atoms with van der Waals surface area (Å²) < 4.78 is 28.7. The first-order chi connectivity index (χ1) is 13.8. The number of rotatable bonds is 3. The zero-order valence-corrected chi connectivity index (χ0v) is 17.0. The second-order valence-corrected chi connectivity index (χ2v) is 8.97. The second kappa shape index (κ2) is 7.14. The van der Waals surface area contributed by atoms with Gasteiger partial charge in [-0.1, -0.05) is 12.1 Å². The third-order valence-corrected chi connectivity index (χ3v) is 6.70. The summed E-state index contributed by atoms with van der Waals surface area (Å²) in [6.07, 6.45) is 1.35. The fraction of sp³-hybridized carbons (Fsp3) is 0.350. The first-order valence-corrected chi connectivity index (χ1v) is 10.9. The third-order valence-electron chi connectivity index (χ3n) is 5.37. The molecule has 1 saturated heterocycles. The van der Waals surface area contributed by atoms with Crippen molar-refractivity contribution in [2.75, 3.05) is 6.54 Å². The van der Waals surface area contributed by atoms with Gasteiger partial charge in [-0.05, 0) is 50.5 Å². The van der Waals surface area contributed by atoms with Gasteiger partial charge in [-0.15, -0.1) is 4.40 Å². The molecule has 0 spiro atoms. The van der Waals surface area contributed by atoms with Gasteiger partial charge in [-0.2, -0.15) is 8.42 Å². The van der Waals surface area contributed by atoms with Gasteiger partial charge in [0.25, 0.3) is 15.6 Å². The summed E-state index contributed by atoms with van der Waals surface area (Å²) in [5.74, 6) is 0.0777. The van der Waals surface area contributed by atoms with Crippen molar-refractivity contribution in [2.45, 2.75) is 44.2 Å². The van der Waals surface area contributed by atoms with Crippen molar-refractivity contribution in [3.05, 3.63) is 63.1 Å². The molecular weight excluding hydrogens is 392 g/mol. The van der Waals surface area contributed by atoms with Crippen LogP contribution < -0.4 is 10.9 Å². The van der Waals surface area contributed by atoms with Crippen LogP contribution >= 0.6 is 0 Å². The summed E-state index contributed by atoms with van der Waals surface area (Å²) in [5.41, 5.74) is 2.41. The van der Waals surface area contributed by atoms with Gasteiger partial charge in [0.05, 0.1) is 0 Å². The van der Waals surface area contributed by atoms with Gasteiger partial charge in [0.1, 0.15) is 10.9 Å². The minimum atomic E-state index is -3.74. The molecule has 0 aliphatic carbocycles. The summed E-state index contributed by atoms with van der Waals surface area (Å²) in [4.78, 5) is 29.7. The van der Waals surface area contributed by atoms with E-state index in [0.717, 1.165) is 17.7 Å². The molecule has 4 rings (SSSR count). The van der Waals surface area contributed by atoms with Crippen LogP contribution in [-0.2, 0) is 21.4 Å². The Morgan fingerprint density at radius 2 is 2.07 bits per heavy atom. The van der Waals surface area contributed by atoms with Crippen LogP contribution in [0.3, 0.4) is 0 Å². The molecule has 3 heterocycles. The number of nitrogens with zero attached hydrogens (tertiary/aromatic N) is 2. The van der Waals surface area contributed by atoms with E-state index < -0.39 is 16.1 Å². The smallest absolute Gasteiger partial charge is 0.285 e. The summed E-state index contributed by atoms with van der Waals surface area (Å²) in [7, 11) is -3.74. The number of aryl methyl sites for hydroxylation is 2. The first kappa shape index (κ1) is 19.4. The highest BCUT2D eigenvalue weighted by atomic mass is 32.2. The van der Waals surface area contributed by atoms with Crippen molar-refractivity contribution in [1.29, 1.82) is 0 Å². The van der Waals surface area contributed by atoms with Crippen LogP contribution in [-0.4, -0.2) is 42.6 Å². The zero-order valence-electron chi connectivity index (χ0n) is 16.2. The van der Waals surface area contributed by atoms with E-state index >= 15 is 0 Å². The quantitative estimate of drug-likeness (QED) is 0.784. The normalized spacial score (nSPS) is 19.7. The highest BCUT2D eigenvalue weighted by molar-refractivity contribution is 7.90. The highest BCUT2D eigenvalue weighted by Gasteiger charge is 2.39. The van der Waals surface area contributed by atoms with Crippen LogP contribution in [0.2, 0.25) is 0 Å². The molecule has 1 unspecified atom stereocenters. The Bertz CT molecular complexity index is 1180. The lowest BCUT2D eigenvalue weighted by molar-refractivity contribution is -0.124. The number of H-pyrrole nitrogens is 1. The molecule has 1 aromatic heterocycles. The number of pyridine rings is 1. The van der Waals surface area contributed by atoms with Crippen LogP contribution in [0.15, 0.2) is 44.4 Å². The topological polar surface area (TPSA) is 112 Å². The van der Waals surface area contributed by atoms with E-state index in [1.807, 2.05) is 13.0 Å². The lowest BCUT2D eigenvalue weighted by Gasteiger charge is -2.25. The predicted molar refractivity (Wildman–Crippen MR) is 108 cm³/mol. The van der Waals surface area contributed by atoms with Crippen LogP contribution in [0, 0.1) is 13.8 Å². The first-order valence-electron chi connectivity index (χ1n) is 9.46. The number of nitrogens with one attached hydrogen (secondary N) is 2. The fourth-order valence-corrected chi connectivity index (χ4v) is 5.20. The number of hydrogen-bond donors (Lipinski definition) is 2. The Balaban J connectivity index is 1.56. The number of fused-ring (bicyclic) bond motifs is 1. The SMILES string of the molecule is Cc1cc(C)c(CNC(=O)C2CCCN2C2=NS(=O)(=O)c3ccccc32)c(=O)[nH]1. The molecule has 8 nitrogen and oxygen atoms in total. The number of carbonyl (C=O) groups excluding carboxylic acids is 1. The summed E-state index contributed by atoms with van der Waals surface area (Å²) >= 11 is 0. The number of amides is 1. The molecule has 1 aromatic carbocycles. The third kappa shape index (κ3) is 3.46. The second-order valence-electron chi connectivity index (χ2n) is 7.40. The number of sulfonamides is 1.